The Balaban J connectivity index is 1.92. The van der Waals surface area contributed by atoms with E-state index in [1.807, 2.05) is 13.8 Å². The molecule has 0 spiro atoms. The first-order valence-electron chi connectivity index (χ1n) is 7.23. The fourth-order valence-electron chi connectivity index (χ4n) is 2.86. The fourth-order valence-corrected chi connectivity index (χ4v) is 2.86. The number of ether oxygens (including phenoxy) is 1. The highest BCUT2D eigenvalue weighted by atomic mass is 16.5. The number of rotatable bonds is 3. The van der Waals surface area contributed by atoms with Crippen LogP contribution in [0.1, 0.15) is 40.2 Å². The first-order chi connectivity index (χ1) is 10.6. The van der Waals surface area contributed by atoms with Gasteiger partial charge in [-0.25, -0.2) is 15.0 Å². The number of amides is 1. The smallest absolute Gasteiger partial charge is 0.257 e. The Morgan fingerprint density at radius 2 is 2.23 bits per heavy atom. The van der Waals surface area contributed by atoms with Crippen molar-refractivity contribution < 1.29 is 9.53 Å². The third-order valence-corrected chi connectivity index (χ3v) is 4.02. The molecular formula is C15H19N5O2. The second kappa shape index (κ2) is 5.84. The van der Waals surface area contributed by atoms with Gasteiger partial charge >= 0.3 is 0 Å². The van der Waals surface area contributed by atoms with Crippen molar-refractivity contribution in [2.24, 2.45) is 0 Å². The van der Waals surface area contributed by atoms with Gasteiger partial charge in [-0.15, -0.1) is 0 Å². The number of imidazole rings is 1. The van der Waals surface area contributed by atoms with Gasteiger partial charge in [0.05, 0.1) is 23.4 Å². The lowest BCUT2D eigenvalue weighted by Gasteiger charge is -2.23. The van der Waals surface area contributed by atoms with Gasteiger partial charge in [0.2, 0.25) is 0 Å². The summed E-state index contributed by atoms with van der Waals surface area (Å²) in [6.45, 7) is 4.17. The molecule has 2 atom stereocenters. The number of hydrogen-bond donors (Lipinski definition) is 1. The Morgan fingerprint density at radius 1 is 1.41 bits per heavy atom. The van der Waals surface area contributed by atoms with Crippen LogP contribution in [0.4, 0.5) is 0 Å². The summed E-state index contributed by atoms with van der Waals surface area (Å²) in [4.78, 5) is 30.5. The molecule has 7 nitrogen and oxygen atoms in total. The second-order valence-corrected chi connectivity index (χ2v) is 5.46. The van der Waals surface area contributed by atoms with E-state index in [2.05, 4.69) is 19.9 Å². The van der Waals surface area contributed by atoms with Gasteiger partial charge in [0.1, 0.15) is 11.6 Å². The molecule has 0 aliphatic carbocycles. The molecule has 3 heterocycles. The van der Waals surface area contributed by atoms with Gasteiger partial charge in [0.25, 0.3) is 5.91 Å². The van der Waals surface area contributed by atoms with Gasteiger partial charge in [0, 0.05) is 38.7 Å². The van der Waals surface area contributed by atoms with Crippen molar-refractivity contribution >= 4 is 5.91 Å². The van der Waals surface area contributed by atoms with Crippen LogP contribution in [0.5, 0.6) is 0 Å². The minimum absolute atomic E-state index is 0.00530. The molecule has 0 bridgehead atoms. The lowest BCUT2D eigenvalue weighted by atomic mass is 10.1. The molecule has 1 amide bonds. The quantitative estimate of drug-likeness (QED) is 0.927. The molecule has 0 saturated carbocycles. The molecule has 116 valence electrons. The highest BCUT2D eigenvalue weighted by Gasteiger charge is 2.38. The highest BCUT2D eigenvalue weighted by molar-refractivity contribution is 5.95. The van der Waals surface area contributed by atoms with E-state index in [-0.39, 0.29) is 18.1 Å². The maximum atomic E-state index is 12.9. The molecule has 0 unspecified atom stereocenters. The minimum Gasteiger partial charge on any atom is -0.380 e. The molecule has 1 fully saturated rings. The monoisotopic (exact) mass is 301 g/mol. The molecule has 3 rings (SSSR count). The number of H-pyrrole nitrogens is 1. The van der Waals surface area contributed by atoms with Crippen molar-refractivity contribution in [3.05, 3.63) is 41.5 Å². The van der Waals surface area contributed by atoms with E-state index >= 15 is 0 Å². The standard InChI is InChI=1S/C15H19N5O2/c1-9-12(7-18-10(2)19-9)15(21)20-8-11(22-3)6-13(20)14-16-4-5-17-14/h4-5,7,11,13H,6,8H2,1-3H3,(H,16,17)/t11-,13+/m1/s1. The summed E-state index contributed by atoms with van der Waals surface area (Å²) in [6, 6.07) is -0.117. The number of carbonyl (C=O) groups is 1. The summed E-state index contributed by atoms with van der Waals surface area (Å²) in [5, 5.41) is 0. The van der Waals surface area contributed by atoms with Gasteiger partial charge in [-0.05, 0) is 13.8 Å². The molecule has 2 aromatic rings. The lowest BCUT2D eigenvalue weighted by molar-refractivity contribution is 0.0683. The van der Waals surface area contributed by atoms with E-state index in [4.69, 9.17) is 4.74 Å². The van der Waals surface area contributed by atoms with Crippen molar-refractivity contribution in [1.82, 2.24) is 24.8 Å². The first kappa shape index (κ1) is 14.6. The molecule has 7 heteroatoms. The van der Waals surface area contributed by atoms with Crippen LogP contribution in [-0.4, -0.2) is 50.5 Å². The summed E-state index contributed by atoms with van der Waals surface area (Å²) in [5.74, 6) is 1.35. The Labute approximate surface area is 128 Å². The van der Waals surface area contributed by atoms with Crippen molar-refractivity contribution in [1.29, 1.82) is 0 Å². The number of carbonyl (C=O) groups excluding carboxylic acids is 1. The van der Waals surface area contributed by atoms with Crippen molar-refractivity contribution in [2.75, 3.05) is 13.7 Å². The maximum Gasteiger partial charge on any atom is 0.257 e. The van der Waals surface area contributed by atoms with E-state index in [9.17, 15) is 4.79 Å². The number of likely N-dealkylation sites (tertiary alicyclic amines) is 1. The Morgan fingerprint density at radius 3 is 2.86 bits per heavy atom. The molecule has 22 heavy (non-hydrogen) atoms. The van der Waals surface area contributed by atoms with Gasteiger partial charge in [0.15, 0.2) is 0 Å². The first-order valence-corrected chi connectivity index (χ1v) is 7.23. The van der Waals surface area contributed by atoms with Crippen LogP contribution in [0.15, 0.2) is 18.6 Å². The largest absolute Gasteiger partial charge is 0.380 e. The molecule has 2 aromatic heterocycles. The number of nitrogens with zero attached hydrogens (tertiary/aromatic N) is 4. The SMILES string of the molecule is CO[C@@H]1C[C@@H](c2ncc[nH]2)N(C(=O)c2cnc(C)nc2C)C1. The summed E-state index contributed by atoms with van der Waals surface area (Å²) < 4.78 is 5.44. The summed E-state index contributed by atoms with van der Waals surface area (Å²) >= 11 is 0. The second-order valence-electron chi connectivity index (χ2n) is 5.46. The number of hydrogen-bond acceptors (Lipinski definition) is 5. The predicted octanol–water partition coefficient (Wildman–Crippen LogP) is 1.42. The highest BCUT2D eigenvalue weighted by Crippen LogP contribution is 2.32. The van der Waals surface area contributed by atoms with E-state index in [1.54, 1.807) is 30.6 Å². The maximum absolute atomic E-state index is 12.9. The average Bonchev–Trinajstić information content (AvgIpc) is 3.15. The van der Waals surface area contributed by atoms with Crippen LogP contribution >= 0.6 is 0 Å². The van der Waals surface area contributed by atoms with E-state index in [1.165, 1.54) is 0 Å². The van der Waals surface area contributed by atoms with Gasteiger partial charge < -0.3 is 14.6 Å². The Kier molecular flexibility index (Phi) is 3.89. The Hall–Kier alpha value is -2.28. The third-order valence-electron chi connectivity index (χ3n) is 4.02. The molecule has 1 aliphatic rings. The van der Waals surface area contributed by atoms with E-state index in [0.717, 1.165) is 12.2 Å². The van der Waals surface area contributed by atoms with Gasteiger partial charge in [-0.1, -0.05) is 0 Å². The molecule has 1 N–H and O–H groups in total. The van der Waals surface area contributed by atoms with Crippen LogP contribution in [0.3, 0.4) is 0 Å². The van der Waals surface area contributed by atoms with E-state index in [0.29, 0.717) is 23.6 Å². The van der Waals surface area contributed by atoms with Crippen LogP contribution in [-0.2, 0) is 4.74 Å². The summed E-state index contributed by atoms with van der Waals surface area (Å²) in [5.41, 5.74) is 1.22. The van der Waals surface area contributed by atoms with Crippen LogP contribution < -0.4 is 0 Å². The molecule has 0 radical (unpaired) electrons. The topological polar surface area (TPSA) is 84.0 Å². The predicted molar refractivity (Wildman–Crippen MR) is 79.3 cm³/mol. The normalized spacial score (nSPS) is 21.3. The van der Waals surface area contributed by atoms with Crippen molar-refractivity contribution in [3.63, 3.8) is 0 Å². The van der Waals surface area contributed by atoms with Crippen LogP contribution in [0.25, 0.3) is 0 Å². The number of aromatic amines is 1. The van der Waals surface area contributed by atoms with E-state index < -0.39 is 0 Å². The fraction of sp³-hybridized carbons (Fsp3) is 0.467. The average molecular weight is 301 g/mol. The number of methoxy groups -OCH3 is 1. The third kappa shape index (κ3) is 2.59. The zero-order valence-corrected chi connectivity index (χ0v) is 12.9. The summed E-state index contributed by atoms with van der Waals surface area (Å²) in [7, 11) is 1.66. The zero-order valence-electron chi connectivity index (χ0n) is 12.9. The van der Waals surface area contributed by atoms with Gasteiger partial charge in [-0.3, -0.25) is 4.79 Å². The summed E-state index contributed by atoms with van der Waals surface area (Å²) in [6.07, 6.45) is 5.78. The van der Waals surface area contributed by atoms with Crippen LogP contribution in [0, 0.1) is 13.8 Å². The van der Waals surface area contributed by atoms with Crippen LogP contribution in [0.2, 0.25) is 0 Å². The molecular weight excluding hydrogens is 282 g/mol. The van der Waals surface area contributed by atoms with Gasteiger partial charge in [-0.2, -0.15) is 0 Å². The number of nitrogens with one attached hydrogen (secondary N) is 1. The number of aromatic nitrogens is 4. The minimum atomic E-state index is -0.117. The number of aryl methyl sites for hydroxylation is 2. The van der Waals surface area contributed by atoms with Crippen molar-refractivity contribution in [2.45, 2.75) is 32.4 Å². The van der Waals surface area contributed by atoms with Crippen molar-refractivity contribution in [3.8, 4) is 0 Å². The molecule has 1 saturated heterocycles. The Bertz CT molecular complexity index is 671. The molecule has 1 aliphatic heterocycles. The molecule has 0 aromatic carbocycles. The lowest BCUT2D eigenvalue weighted by Crippen LogP contribution is -2.33. The zero-order chi connectivity index (χ0) is 15.7.